The zero-order valence-corrected chi connectivity index (χ0v) is 12.5. The van der Waals surface area contributed by atoms with E-state index in [1.807, 2.05) is 0 Å². The molecule has 1 fully saturated rings. The fourth-order valence-corrected chi connectivity index (χ4v) is 3.63. The van der Waals surface area contributed by atoms with Gasteiger partial charge in [0, 0.05) is 24.7 Å². The Morgan fingerprint density at radius 3 is 2.37 bits per heavy atom. The molecule has 1 N–H and O–H groups in total. The number of nitrogens with one attached hydrogen (secondary N) is 1. The summed E-state index contributed by atoms with van der Waals surface area (Å²) in [6.45, 7) is 6.40. The first-order chi connectivity index (χ1) is 9.24. The standard InChI is InChI=1S/C17H27NO/c1-4-14(2)16(18-3)17(10-12-19-13-11-17)15-8-6-5-7-9-15/h5-9,14,16,18H,4,10-13H2,1-3H3. The molecule has 0 saturated carbocycles. The summed E-state index contributed by atoms with van der Waals surface area (Å²) in [5, 5.41) is 3.61. The van der Waals surface area contributed by atoms with Crippen LogP contribution >= 0.6 is 0 Å². The maximum atomic E-state index is 5.63. The van der Waals surface area contributed by atoms with Crippen molar-refractivity contribution in [2.75, 3.05) is 20.3 Å². The van der Waals surface area contributed by atoms with E-state index in [2.05, 4.69) is 56.5 Å². The third-order valence-corrected chi connectivity index (χ3v) is 4.85. The second-order valence-electron chi connectivity index (χ2n) is 5.79. The van der Waals surface area contributed by atoms with E-state index in [4.69, 9.17) is 4.74 Å². The summed E-state index contributed by atoms with van der Waals surface area (Å²) in [6.07, 6.45) is 3.45. The molecule has 2 heteroatoms. The van der Waals surface area contributed by atoms with E-state index in [9.17, 15) is 0 Å². The van der Waals surface area contributed by atoms with E-state index < -0.39 is 0 Å². The Labute approximate surface area is 117 Å². The Hall–Kier alpha value is -0.860. The molecule has 0 radical (unpaired) electrons. The average Bonchev–Trinajstić information content (AvgIpc) is 2.49. The highest BCUT2D eigenvalue weighted by Crippen LogP contribution is 2.41. The molecule has 2 atom stereocenters. The van der Waals surface area contributed by atoms with Crippen molar-refractivity contribution < 1.29 is 4.74 Å². The molecule has 0 aromatic heterocycles. The molecule has 1 aromatic rings. The van der Waals surface area contributed by atoms with Crippen molar-refractivity contribution in [3.05, 3.63) is 35.9 Å². The highest BCUT2D eigenvalue weighted by Gasteiger charge is 2.42. The summed E-state index contributed by atoms with van der Waals surface area (Å²) < 4.78 is 5.63. The summed E-state index contributed by atoms with van der Waals surface area (Å²) in [6, 6.07) is 11.5. The number of benzene rings is 1. The Morgan fingerprint density at radius 1 is 1.21 bits per heavy atom. The Balaban J connectivity index is 2.39. The number of likely N-dealkylation sites (N-methyl/N-ethyl adjacent to an activating group) is 1. The third kappa shape index (κ3) is 2.85. The monoisotopic (exact) mass is 261 g/mol. The van der Waals surface area contributed by atoms with Gasteiger partial charge in [0.1, 0.15) is 0 Å². The molecule has 19 heavy (non-hydrogen) atoms. The smallest absolute Gasteiger partial charge is 0.0475 e. The van der Waals surface area contributed by atoms with Gasteiger partial charge in [-0.05, 0) is 31.4 Å². The second-order valence-corrected chi connectivity index (χ2v) is 5.79. The van der Waals surface area contributed by atoms with Gasteiger partial charge in [-0.1, -0.05) is 50.6 Å². The van der Waals surface area contributed by atoms with Gasteiger partial charge in [-0.2, -0.15) is 0 Å². The Kier molecular flexibility index (Phi) is 5.00. The van der Waals surface area contributed by atoms with Crippen LogP contribution in [0.5, 0.6) is 0 Å². The summed E-state index contributed by atoms with van der Waals surface area (Å²) in [5.41, 5.74) is 1.70. The molecule has 106 valence electrons. The van der Waals surface area contributed by atoms with Crippen molar-refractivity contribution in [3.63, 3.8) is 0 Å². The number of hydrogen-bond acceptors (Lipinski definition) is 2. The fraction of sp³-hybridized carbons (Fsp3) is 0.647. The van der Waals surface area contributed by atoms with Crippen LogP contribution in [0.1, 0.15) is 38.7 Å². The van der Waals surface area contributed by atoms with Gasteiger partial charge in [-0.3, -0.25) is 0 Å². The highest BCUT2D eigenvalue weighted by molar-refractivity contribution is 5.29. The van der Waals surface area contributed by atoms with E-state index in [-0.39, 0.29) is 5.41 Å². The van der Waals surface area contributed by atoms with Gasteiger partial charge in [0.05, 0.1) is 0 Å². The lowest BCUT2D eigenvalue weighted by Gasteiger charge is -2.46. The number of hydrogen-bond donors (Lipinski definition) is 1. The predicted octanol–water partition coefficient (Wildman–Crippen LogP) is 3.37. The third-order valence-electron chi connectivity index (χ3n) is 4.85. The zero-order valence-electron chi connectivity index (χ0n) is 12.5. The van der Waals surface area contributed by atoms with Crippen molar-refractivity contribution in [2.24, 2.45) is 5.92 Å². The maximum absolute atomic E-state index is 5.63. The summed E-state index contributed by atoms with van der Waals surface area (Å²) in [5.74, 6) is 0.670. The summed E-state index contributed by atoms with van der Waals surface area (Å²) in [4.78, 5) is 0. The van der Waals surface area contributed by atoms with Gasteiger partial charge in [0.15, 0.2) is 0 Å². The zero-order chi connectivity index (χ0) is 13.7. The molecule has 1 aromatic carbocycles. The topological polar surface area (TPSA) is 21.3 Å². The van der Waals surface area contributed by atoms with Gasteiger partial charge < -0.3 is 10.1 Å². The Morgan fingerprint density at radius 2 is 1.84 bits per heavy atom. The molecular weight excluding hydrogens is 234 g/mol. The lowest BCUT2D eigenvalue weighted by atomic mass is 9.65. The molecule has 0 spiro atoms. The van der Waals surface area contributed by atoms with Crippen LogP contribution in [-0.4, -0.2) is 26.3 Å². The Bertz CT molecular complexity index is 370. The molecule has 0 aliphatic carbocycles. The van der Waals surface area contributed by atoms with Crippen LogP contribution in [0.4, 0.5) is 0 Å². The van der Waals surface area contributed by atoms with Crippen LogP contribution in [0.15, 0.2) is 30.3 Å². The van der Waals surface area contributed by atoms with Crippen LogP contribution in [0, 0.1) is 5.92 Å². The largest absolute Gasteiger partial charge is 0.381 e. The normalized spacial score (nSPS) is 21.8. The van der Waals surface area contributed by atoms with Crippen LogP contribution in [0.25, 0.3) is 0 Å². The lowest BCUT2D eigenvalue weighted by molar-refractivity contribution is 0.0261. The highest BCUT2D eigenvalue weighted by atomic mass is 16.5. The average molecular weight is 261 g/mol. The van der Waals surface area contributed by atoms with Crippen molar-refractivity contribution in [1.82, 2.24) is 5.32 Å². The molecule has 2 rings (SSSR count). The van der Waals surface area contributed by atoms with Gasteiger partial charge in [0.25, 0.3) is 0 Å². The number of ether oxygens (including phenoxy) is 1. The first kappa shape index (κ1) is 14.5. The van der Waals surface area contributed by atoms with Gasteiger partial charge in [-0.15, -0.1) is 0 Å². The maximum Gasteiger partial charge on any atom is 0.0475 e. The molecular formula is C17H27NO. The first-order valence-corrected chi connectivity index (χ1v) is 7.55. The van der Waals surface area contributed by atoms with E-state index in [0.717, 1.165) is 26.1 Å². The molecule has 0 bridgehead atoms. The molecule has 0 amide bonds. The van der Waals surface area contributed by atoms with E-state index in [0.29, 0.717) is 12.0 Å². The van der Waals surface area contributed by atoms with Gasteiger partial charge >= 0.3 is 0 Å². The van der Waals surface area contributed by atoms with Crippen molar-refractivity contribution in [2.45, 2.75) is 44.6 Å². The molecule has 1 aliphatic rings. The molecule has 2 unspecified atom stereocenters. The van der Waals surface area contributed by atoms with E-state index >= 15 is 0 Å². The molecule has 1 aliphatic heterocycles. The molecule has 1 saturated heterocycles. The quantitative estimate of drug-likeness (QED) is 0.877. The van der Waals surface area contributed by atoms with E-state index in [1.54, 1.807) is 0 Å². The fourth-order valence-electron chi connectivity index (χ4n) is 3.63. The molecule has 1 heterocycles. The summed E-state index contributed by atoms with van der Waals surface area (Å²) >= 11 is 0. The first-order valence-electron chi connectivity index (χ1n) is 7.55. The second kappa shape index (κ2) is 6.53. The van der Waals surface area contributed by atoms with Crippen LogP contribution < -0.4 is 5.32 Å². The predicted molar refractivity (Wildman–Crippen MR) is 80.5 cm³/mol. The minimum atomic E-state index is 0.226. The lowest BCUT2D eigenvalue weighted by Crippen LogP contribution is -2.53. The van der Waals surface area contributed by atoms with Crippen LogP contribution in [-0.2, 0) is 10.2 Å². The van der Waals surface area contributed by atoms with Crippen molar-refractivity contribution in [3.8, 4) is 0 Å². The van der Waals surface area contributed by atoms with Gasteiger partial charge in [0.2, 0.25) is 0 Å². The van der Waals surface area contributed by atoms with Crippen molar-refractivity contribution >= 4 is 0 Å². The minimum Gasteiger partial charge on any atom is -0.381 e. The van der Waals surface area contributed by atoms with Crippen LogP contribution in [0.3, 0.4) is 0 Å². The van der Waals surface area contributed by atoms with Crippen LogP contribution in [0.2, 0.25) is 0 Å². The summed E-state index contributed by atoms with van der Waals surface area (Å²) in [7, 11) is 2.11. The number of rotatable bonds is 5. The van der Waals surface area contributed by atoms with Gasteiger partial charge in [-0.25, -0.2) is 0 Å². The SMILES string of the molecule is CCC(C)C(NC)C1(c2ccccc2)CCOCC1. The van der Waals surface area contributed by atoms with E-state index in [1.165, 1.54) is 12.0 Å². The molecule has 2 nitrogen and oxygen atoms in total. The minimum absolute atomic E-state index is 0.226. The van der Waals surface area contributed by atoms with Crippen molar-refractivity contribution in [1.29, 1.82) is 0 Å².